The summed E-state index contributed by atoms with van der Waals surface area (Å²) < 4.78 is 5.84. The van der Waals surface area contributed by atoms with Crippen LogP contribution in [0.3, 0.4) is 0 Å². The first-order valence-corrected chi connectivity index (χ1v) is 9.35. The molecule has 1 saturated heterocycles. The van der Waals surface area contributed by atoms with E-state index in [2.05, 4.69) is 42.3 Å². The number of rotatable bonds is 8. The van der Waals surface area contributed by atoms with Gasteiger partial charge in [0.25, 0.3) is 0 Å². The van der Waals surface area contributed by atoms with Crippen molar-refractivity contribution in [2.45, 2.75) is 64.5 Å². The average Bonchev–Trinajstić information content (AvgIpc) is 3.30. The smallest absolute Gasteiger partial charge is 0.220 e. The number of amides is 1. The lowest BCUT2D eigenvalue weighted by molar-refractivity contribution is -0.121. The van der Waals surface area contributed by atoms with Crippen LogP contribution in [0.2, 0.25) is 0 Å². The SMILES string of the molecule is Cc1ccc(C)c(OCCCCC(=O)N[C@H]2CCN(C3CC3)C2)c1. The van der Waals surface area contributed by atoms with E-state index in [1.54, 1.807) is 0 Å². The number of nitrogens with one attached hydrogen (secondary N) is 1. The van der Waals surface area contributed by atoms with E-state index in [4.69, 9.17) is 4.74 Å². The first kappa shape index (κ1) is 17.3. The molecule has 1 atom stereocenters. The zero-order chi connectivity index (χ0) is 16.9. The number of hydrogen-bond acceptors (Lipinski definition) is 3. The molecule has 4 heteroatoms. The summed E-state index contributed by atoms with van der Waals surface area (Å²) in [6.07, 6.45) is 6.21. The zero-order valence-corrected chi connectivity index (χ0v) is 15.0. The van der Waals surface area contributed by atoms with Gasteiger partial charge < -0.3 is 10.1 Å². The van der Waals surface area contributed by atoms with Crippen molar-refractivity contribution in [1.29, 1.82) is 0 Å². The van der Waals surface area contributed by atoms with Gasteiger partial charge in [0.15, 0.2) is 0 Å². The summed E-state index contributed by atoms with van der Waals surface area (Å²) >= 11 is 0. The van der Waals surface area contributed by atoms with Gasteiger partial charge in [-0.25, -0.2) is 0 Å². The van der Waals surface area contributed by atoms with E-state index in [-0.39, 0.29) is 5.91 Å². The summed E-state index contributed by atoms with van der Waals surface area (Å²) in [5.41, 5.74) is 2.38. The second kappa shape index (κ2) is 8.02. The van der Waals surface area contributed by atoms with Crippen molar-refractivity contribution in [1.82, 2.24) is 10.2 Å². The Balaban J connectivity index is 1.27. The number of ether oxygens (including phenoxy) is 1. The molecule has 1 aliphatic carbocycles. The molecule has 132 valence electrons. The number of nitrogens with zero attached hydrogens (tertiary/aromatic N) is 1. The van der Waals surface area contributed by atoms with Crippen molar-refractivity contribution in [3.63, 3.8) is 0 Å². The average molecular weight is 330 g/mol. The molecular formula is C20H30N2O2. The molecule has 1 amide bonds. The number of likely N-dealkylation sites (tertiary alicyclic amines) is 1. The van der Waals surface area contributed by atoms with Gasteiger partial charge >= 0.3 is 0 Å². The minimum Gasteiger partial charge on any atom is -0.493 e. The van der Waals surface area contributed by atoms with Crippen LogP contribution in [0.25, 0.3) is 0 Å². The van der Waals surface area contributed by atoms with E-state index < -0.39 is 0 Å². The van der Waals surface area contributed by atoms with Gasteiger partial charge in [-0.3, -0.25) is 9.69 Å². The van der Waals surface area contributed by atoms with E-state index in [9.17, 15) is 4.79 Å². The maximum Gasteiger partial charge on any atom is 0.220 e. The molecule has 4 nitrogen and oxygen atoms in total. The lowest BCUT2D eigenvalue weighted by Gasteiger charge is -2.15. The van der Waals surface area contributed by atoms with Gasteiger partial charge in [-0.05, 0) is 63.1 Å². The minimum atomic E-state index is 0.199. The highest BCUT2D eigenvalue weighted by molar-refractivity contribution is 5.76. The van der Waals surface area contributed by atoms with Gasteiger partial charge in [0.05, 0.1) is 6.61 Å². The van der Waals surface area contributed by atoms with Crippen molar-refractivity contribution in [3.05, 3.63) is 29.3 Å². The second-order valence-corrected chi connectivity index (χ2v) is 7.35. The first-order chi connectivity index (χ1) is 11.6. The molecule has 0 unspecified atom stereocenters. The zero-order valence-electron chi connectivity index (χ0n) is 15.0. The molecule has 1 aliphatic heterocycles. The Morgan fingerprint density at radius 2 is 2.08 bits per heavy atom. The number of aryl methyl sites for hydroxylation is 2. The van der Waals surface area contributed by atoms with Gasteiger partial charge in [0, 0.05) is 31.6 Å². The Bertz CT molecular complexity index is 569. The molecule has 2 aliphatic rings. The first-order valence-electron chi connectivity index (χ1n) is 9.35. The molecule has 0 radical (unpaired) electrons. The lowest BCUT2D eigenvalue weighted by atomic mass is 10.1. The summed E-state index contributed by atoms with van der Waals surface area (Å²) in [7, 11) is 0. The number of hydrogen-bond donors (Lipinski definition) is 1. The monoisotopic (exact) mass is 330 g/mol. The van der Waals surface area contributed by atoms with E-state index >= 15 is 0 Å². The van der Waals surface area contributed by atoms with Crippen molar-refractivity contribution in [3.8, 4) is 5.75 Å². The molecule has 3 rings (SSSR count). The number of carbonyl (C=O) groups is 1. The fourth-order valence-electron chi connectivity index (χ4n) is 3.41. The van der Waals surface area contributed by atoms with Crippen LogP contribution in [0.15, 0.2) is 18.2 Å². The quantitative estimate of drug-likeness (QED) is 0.744. The maximum absolute atomic E-state index is 12.1. The molecule has 1 aromatic rings. The standard InChI is InChI=1S/C20H30N2O2/c1-15-6-7-16(2)19(13-15)24-12-4-3-5-20(23)21-17-10-11-22(14-17)18-8-9-18/h6-7,13,17-18H,3-5,8-12,14H2,1-2H3,(H,21,23)/t17-/m0/s1. The van der Waals surface area contributed by atoms with Crippen LogP contribution in [0, 0.1) is 13.8 Å². The topological polar surface area (TPSA) is 41.6 Å². The highest BCUT2D eigenvalue weighted by atomic mass is 16.5. The lowest BCUT2D eigenvalue weighted by Crippen LogP contribution is -2.37. The predicted molar refractivity (Wildman–Crippen MR) is 96.4 cm³/mol. The van der Waals surface area contributed by atoms with E-state index in [1.807, 2.05) is 0 Å². The molecule has 0 spiro atoms. The number of unbranched alkanes of at least 4 members (excludes halogenated alkanes) is 1. The van der Waals surface area contributed by atoms with Gasteiger partial charge in [0.2, 0.25) is 5.91 Å². The summed E-state index contributed by atoms with van der Waals surface area (Å²) in [6, 6.07) is 7.44. The largest absolute Gasteiger partial charge is 0.493 e. The van der Waals surface area contributed by atoms with Crippen LogP contribution >= 0.6 is 0 Å². The van der Waals surface area contributed by atoms with Gasteiger partial charge in [-0.1, -0.05) is 12.1 Å². The Morgan fingerprint density at radius 3 is 2.88 bits per heavy atom. The molecule has 1 aromatic carbocycles. The summed E-state index contributed by atoms with van der Waals surface area (Å²) in [5, 5.41) is 3.20. The van der Waals surface area contributed by atoms with E-state index in [1.165, 1.54) is 24.0 Å². The number of carbonyl (C=O) groups excluding carboxylic acids is 1. The highest BCUT2D eigenvalue weighted by Crippen LogP contribution is 2.29. The fraction of sp³-hybridized carbons (Fsp3) is 0.650. The molecular weight excluding hydrogens is 300 g/mol. The molecule has 1 saturated carbocycles. The maximum atomic E-state index is 12.1. The molecule has 0 aromatic heterocycles. The molecule has 24 heavy (non-hydrogen) atoms. The molecule has 2 fully saturated rings. The molecule has 0 bridgehead atoms. The van der Waals surface area contributed by atoms with Crippen molar-refractivity contribution < 1.29 is 9.53 Å². The Labute approximate surface area is 145 Å². The van der Waals surface area contributed by atoms with E-state index in [0.29, 0.717) is 19.1 Å². The van der Waals surface area contributed by atoms with Crippen LogP contribution in [0.5, 0.6) is 5.75 Å². The Hall–Kier alpha value is -1.55. The van der Waals surface area contributed by atoms with Crippen molar-refractivity contribution >= 4 is 5.91 Å². The Kier molecular flexibility index (Phi) is 5.77. The Morgan fingerprint density at radius 1 is 1.25 bits per heavy atom. The summed E-state index contributed by atoms with van der Waals surface area (Å²) in [4.78, 5) is 14.6. The van der Waals surface area contributed by atoms with Crippen LogP contribution < -0.4 is 10.1 Å². The van der Waals surface area contributed by atoms with Gasteiger partial charge in [0.1, 0.15) is 5.75 Å². The van der Waals surface area contributed by atoms with Crippen LogP contribution in [-0.4, -0.2) is 42.6 Å². The van der Waals surface area contributed by atoms with Crippen molar-refractivity contribution in [2.75, 3.05) is 19.7 Å². The summed E-state index contributed by atoms with van der Waals surface area (Å²) in [5.74, 6) is 1.16. The highest BCUT2D eigenvalue weighted by Gasteiger charge is 2.34. The van der Waals surface area contributed by atoms with E-state index in [0.717, 1.165) is 44.1 Å². The second-order valence-electron chi connectivity index (χ2n) is 7.35. The summed E-state index contributed by atoms with van der Waals surface area (Å²) in [6.45, 7) is 7.01. The third-order valence-corrected chi connectivity index (χ3v) is 5.05. The van der Waals surface area contributed by atoms with Crippen LogP contribution in [0.1, 0.15) is 49.7 Å². The molecule has 1 N–H and O–H groups in total. The fourth-order valence-corrected chi connectivity index (χ4v) is 3.41. The predicted octanol–water partition coefficient (Wildman–Crippen LogP) is 3.21. The van der Waals surface area contributed by atoms with Crippen molar-refractivity contribution in [2.24, 2.45) is 0 Å². The normalized spacial score (nSPS) is 21.0. The van der Waals surface area contributed by atoms with Crippen LogP contribution in [0.4, 0.5) is 0 Å². The third-order valence-electron chi connectivity index (χ3n) is 5.05. The number of benzene rings is 1. The van der Waals surface area contributed by atoms with Crippen LogP contribution in [-0.2, 0) is 4.79 Å². The third kappa shape index (κ3) is 4.97. The molecule has 1 heterocycles. The minimum absolute atomic E-state index is 0.199. The van der Waals surface area contributed by atoms with Gasteiger partial charge in [-0.2, -0.15) is 0 Å². The van der Waals surface area contributed by atoms with Gasteiger partial charge in [-0.15, -0.1) is 0 Å².